The van der Waals surface area contributed by atoms with Crippen molar-refractivity contribution in [1.82, 2.24) is 4.90 Å². The third kappa shape index (κ3) is 6.04. The first-order valence-electron chi connectivity index (χ1n) is 9.15. The summed E-state index contributed by atoms with van der Waals surface area (Å²) in [6, 6.07) is 8.43. The fraction of sp³-hybridized carbons (Fsp3) is 0.684. The molecule has 0 aliphatic carbocycles. The van der Waals surface area contributed by atoms with E-state index >= 15 is 0 Å². The van der Waals surface area contributed by atoms with E-state index in [9.17, 15) is 0 Å². The third-order valence-corrected chi connectivity index (χ3v) is 4.47. The van der Waals surface area contributed by atoms with Gasteiger partial charge < -0.3 is 14.7 Å². The van der Waals surface area contributed by atoms with Gasteiger partial charge in [0.2, 0.25) is 0 Å². The highest BCUT2D eigenvalue weighted by molar-refractivity contribution is 5.58. The molecule has 0 saturated carbocycles. The molecule has 4 nitrogen and oxygen atoms in total. The average Bonchev–Trinajstić information content (AvgIpc) is 2.60. The Morgan fingerprint density at radius 3 is 2.52 bits per heavy atom. The lowest BCUT2D eigenvalue weighted by Crippen LogP contribution is -2.46. The van der Waals surface area contributed by atoms with Gasteiger partial charge in [-0.25, -0.2) is 0 Å². The van der Waals surface area contributed by atoms with Crippen molar-refractivity contribution >= 4 is 5.69 Å². The van der Waals surface area contributed by atoms with Gasteiger partial charge in [-0.1, -0.05) is 25.5 Å². The molecule has 23 heavy (non-hydrogen) atoms. The van der Waals surface area contributed by atoms with Crippen LogP contribution in [0.15, 0.2) is 24.3 Å². The van der Waals surface area contributed by atoms with E-state index in [1.807, 2.05) is 0 Å². The summed E-state index contributed by atoms with van der Waals surface area (Å²) in [6.45, 7) is 8.83. The third-order valence-electron chi connectivity index (χ3n) is 4.47. The molecule has 0 spiro atoms. The van der Waals surface area contributed by atoms with Crippen LogP contribution in [0.4, 0.5) is 5.69 Å². The molecule has 1 aliphatic rings. The first-order valence-corrected chi connectivity index (χ1v) is 9.15. The van der Waals surface area contributed by atoms with Crippen LogP contribution in [-0.2, 0) is 0 Å². The summed E-state index contributed by atoms with van der Waals surface area (Å²) < 4.78 is 5.97. The SMILES string of the molecule is CCCCOc1ccccc1N1CCN(CCCCCO)CC1. The first-order chi connectivity index (χ1) is 11.3. The van der Waals surface area contributed by atoms with Gasteiger partial charge in [0.1, 0.15) is 5.75 Å². The normalized spacial score (nSPS) is 15.8. The molecule has 0 radical (unpaired) electrons. The fourth-order valence-corrected chi connectivity index (χ4v) is 3.00. The summed E-state index contributed by atoms with van der Waals surface area (Å²) in [6.07, 6.45) is 5.53. The minimum Gasteiger partial charge on any atom is -0.491 e. The standard InChI is InChI=1S/C19H32N2O2/c1-2-3-17-23-19-10-6-5-9-18(19)21-14-12-20(13-15-21)11-7-4-8-16-22/h5-6,9-10,22H,2-4,7-8,11-17H2,1H3. The van der Waals surface area contributed by atoms with Crippen LogP contribution < -0.4 is 9.64 Å². The molecule has 0 aromatic heterocycles. The van der Waals surface area contributed by atoms with E-state index < -0.39 is 0 Å². The molecule has 4 heteroatoms. The van der Waals surface area contributed by atoms with Gasteiger partial charge in [0, 0.05) is 32.8 Å². The lowest BCUT2D eigenvalue weighted by Gasteiger charge is -2.36. The van der Waals surface area contributed by atoms with Crippen molar-refractivity contribution in [1.29, 1.82) is 0 Å². The molecular formula is C19H32N2O2. The topological polar surface area (TPSA) is 35.9 Å². The van der Waals surface area contributed by atoms with E-state index in [0.29, 0.717) is 6.61 Å². The molecule has 1 aromatic rings. The van der Waals surface area contributed by atoms with Crippen molar-refractivity contribution in [2.45, 2.75) is 39.0 Å². The van der Waals surface area contributed by atoms with Crippen LogP contribution in [0.2, 0.25) is 0 Å². The van der Waals surface area contributed by atoms with Crippen molar-refractivity contribution in [2.75, 3.05) is 50.8 Å². The number of nitrogens with zero attached hydrogens (tertiary/aromatic N) is 2. The molecule has 2 rings (SSSR count). The number of aliphatic hydroxyl groups excluding tert-OH is 1. The number of ether oxygens (including phenoxy) is 1. The van der Waals surface area contributed by atoms with Gasteiger partial charge in [-0.3, -0.25) is 4.90 Å². The van der Waals surface area contributed by atoms with Crippen molar-refractivity contribution in [3.8, 4) is 5.75 Å². The van der Waals surface area contributed by atoms with Crippen LogP contribution >= 0.6 is 0 Å². The Balaban J connectivity index is 1.80. The van der Waals surface area contributed by atoms with Crippen molar-refractivity contribution in [2.24, 2.45) is 0 Å². The largest absolute Gasteiger partial charge is 0.491 e. The Bertz CT molecular complexity index is 431. The maximum Gasteiger partial charge on any atom is 0.142 e. The van der Waals surface area contributed by atoms with Crippen LogP contribution in [0.5, 0.6) is 5.75 Å². The zero-order valence-electron chi connectivity index (χ0n) is 14.5. The molecule has 0 unspecified atom stereocenters. The fourth-order valence-electron chi connectivity index (χ4n) is 3.00. The van der Waals surface area contributed by atoms with E-state index in [0.717, 1.165) is 70.8 Å². The van der Waals surface area contributed by atoms with Crippen LogP contribution in [-0.4, -0.2) is 55.9 Å². The van der Waals surface area contributed by atoms with Gasteiger partial charge in [0.05, 0.1) is 12.3 Å². The molecular weight excluding hydrogens is 288 g/mol. The van der Waals surface area contributed by atoms with Crippen molar-refractivity contribution in [3.05, 3.63) is 24.3 Å². The highest BCUT2D eigenvalue weighted by atomic mass is 16.5. The second-order valence-corrected chi connectivity index (χ2v) is 6.28. The van der Waals surface area contributed by atoms with E-state index in [1.54, 1.807) is 0 Å². The molecule has 1 N–H and O–H groups in total. The number of anilines is 1. The number of unbranched alkanes of at least 4 members (excludes halogenated alkanes) is 3. The lowest BCUT2D eigenvalue weighted by atomic mass is 10.2. The highest BCUT2D eigenvalue weighted by Gasteiger charge is 2.19. The summed E-state index contributed by atoms with van der Waals surface area (Å²) in [4.78, 5) is 4.99. The highest BCUT2D eigenvalue weighted by Crippen LogP contribution is 2.29. The number of aliphatic hydroxyl groups is 1. The predicted octanol–water partition coefficient (Wildman–Crippen LogP) is 3.15. The Kier molecular flexibility index (Phi) is 8.26. The monoisotopic (exact) mass is 320 g/mol. The number of para-hydroxylation sites is 2. The molecule has 0 bridgehead atoms. The van der Waals surface area contributed by atoms with Gasteiger partial charge in [-0.2, -0.15) is 0 Å². The van der Waals surface area contributed by atoms with Gasteiger partial charge in [0.15, 0.2) is 0 Å². The molecule has 0 atom stereocenters. The van der Waals surface area contributed by atoms with Crippen LogP contribution in [0.3, 0.4) is 0 Å². The Labute approximate surface area is 141 Å². The van der Waals surface area contributed by atoms with E-state index in [2.05, 4.69) is 41.0 Å². The van der Waals surface area contributed by atoms with Crippen molar-refractivity contribution < 1.29 is 9.84 Å². The first kappa shape index (κ1) is 18.1. The van der Waals surface area contributed by atoms with Gasteiger partial charge in [-0.15, -0.1) is 0 Å². The van der Waals surface area contributed by atoms with E-state index in [4.69, 9.17) is 9.84 Å². The van der Waals surface area contributed by atoms with Crippen molar-refractivity contribution in [3.63, 3.8) is 0 Å². The molecule has 1 saturated heterocycles. The van der Waals surface area contributed by atoms with Crippen LogP contribution in [0.25, 0.3) is 0 Å². The predicted molar refractivity (Wildman–Crippen MR) is 96.4 cm³/mol. The number of rotatable bonds is 10. The Morgan fingerprint density at radius 2 is 1.78 bits per heavy atom. The maximum absolute atomic E-state index is 8.84. The smallest absolute Gasteiger partial charge is 0.142 e. The molecule has 1 aliphatic heterocycles. The van der Waals surface area contributed by atoms with E-state index in [-0.39, 0.29) is 0 Å². The Hall–Kier alpha value is -1.26. The summed E-state index contributed by atoms with van der Waals surface area (Å²) in [5.74, 6) is 1.03. The number of hydrogen-bond donors (Lipinski definition) is 1. The second-order valence-electron chi connectivity index (χ2n) is 6.28. The second kappa shape index (κ2) is 10.5. The summed E-state index contributed by atoms with van der Waals surface area (Å²) in [5.41, 5.74) is 1.24. The summed E-state index contributed by atoms with van der Waals surface area (Å²) in [5, 5.41) is 8.84. The minimum absolute atomic E-state index is 0.322. The molecule has 1 heterocycles. The van der Waals surface area contributed by atoms with Gasteiger partial charge >= 0.3 is 0 Å². The summed E-state index contributed by atoms with van der Waals surface area (Å²) >= 11 is 0. The van der Waals surface area contributed by atoms with E-state index in [1.165, 1.54) is 12.1 Å². The van der Waals surface area contributed by atoms with Crippen LogP contribution in [0.1, 0.15) is 39.0 Å². The lowest BCUT2D eigenvalue weighted by molar-refractivity contribution is 0.241. The van der Waals surface area contributed by atoms with Crippen LogP contribution in [0, 0.1) is 0 Å². The zero-order valence-corrected chi connectivity index (χ0v) is 14.5. The maximum atomic E-state index is 8.84. The Morgan fingerprint density at radius 1 is 1.00 bits per heavy atom. The van der Waals surface area contributed by atoms with Gasteiger partial charge in [0.25, 0.3) is 0 Å². The molecule has 1 fully saturated rings. The minimum atomic E-state index is 0.322. The van der Waals surface area contributed by atoms with Gasteiger partial charge in [-0.05, 0) is 44.4 Å². The number of hydrogen-bond acceptors (Lipinski definition) is 4. The number of piperazine rings is 1. The zero-order chi connectivity index (χ0) is 16.3. The molecule has 1 aromatic carbocycles. The summed E-state index contributed by atoms with van der Waals surface area (Å²) in [7, 11) is 0. The average molecular weight is 320 g/mol. The number of benzene rings is 1. The molecule has 0 amide bonds. The quantitative estimate of drug-likeness (QED) is 0.672. The molecule has 130 valence electrons.